The summed E-state index contributed by atoms with van der Waals surface area (Å²) >= 11 is 15.5. The van der Waals surface area contributed by atoms with Gasteiger partial charge in [0.2, 0.25) is 6.35 Å². The molecule has 1 heterocycles. The summed E-state index contributed by atoms with van der Waals surface area (Å²) in [6.07, 6.45) is 0.764. The van der Waals surface area contributed by atoms with E-state index in [1.807, 2.05) is 0 Å². The molecule has 1 aliphatic rings. The van der Waals surface area contributed by atoms with E-state index in [0.29, 0.717) is 6.61 Å². The summed E-state index contributed by atoms with van der Waals surface area (Å²) in [4.78, 5) is 4.71. The van der Waals surface area contributed by atoms with Crippen molar-refractivity contribution < 1.29 is 4.74 Å². The molecule has 0 aromatic heterocycles. The fourth-order valence-electron chi connectivity index (χ4n) is 4.00. The minimum atomic E-state index is -0.203. The summed E-state index contributed by atoms with van der Waals surface area (Å²) in [6, 6.07) is 8.96. The molecule has 0 atom stereocenters. The molecule has 7 heteroatoms. The Morgan fingerprint density at radius 2 is 1.06 bits per heavy atom. The molecule has 1 aliphatic heterocycles. The Kier molecular flexibility index (Phi) is 8.75. The second-order valence-corrected chi connectivity index (χ2v) is 14.1. The number of ether oxygens (including phenoxy) is 1. The first-order valence-corrected chi connectivity index (χ1v) is 14.6. The fourth-order valence-corrected chi connectivity index (χ4v) is 7.28. The summed E-state index contributed by atoms with van der Waals surface area (Å²) in [5, 5.41) is 0. The van der Waals surface area contributed by atoms with Crippen LogP contribution >= 0.6 is 63.7 Å². The van der Waals surface area contributed by atoms with Crippen molar-refractivity contribution in [3.63, 3.8) is 0 Å². The van der Waals surface area contributed by atoms with Gasteiger partial charge in [-0.2, -0.15) is 0 Å². The number of hydrogen-bond acceptors (Lipinski definition) is 3. The molecule has 182 valence electrons. The molecule has 1 fully saturated rings. The van der Waals surface area contributed by atoms with Crippen molar-refractivity contribution in [3.05, 3.63) is 53.3 Å². The van der Waals surface area contributed by atoms with Gasteiger partial charge in [-0.05, 0) is 116 Å². The normalized spacial score (nSPS) is 15.6. The molecule has 0 N–H and O–H groups in total. The first-order valence-electron chi connectivity index (χ1n) is 11.4. The lowest BCUT2D eigenvalue weighted by Crippen LogP contribution is -2.42. The Labute approximate surface area is 233 Å². The van der Waals surface area contributed by atoms with Gasteiger partial charge in [0, 0.05) is 31.0 Å². The highest BCUT2D eigenvalue weighted by Crippen LogP contribution is 2.45. The topological polar surface area (TPSA) is 15.7 Å². The molecule has 1 saturated heterocycles. The van der Waals surface area contributed by atoms with E-state index >= 15 is 0 Å². The molecule has 0 spiro atoms. The van der Waals surface area contributed by atoms with Crippen molar-refractivity contribution in [2.75, 3.05) is 29.5 Å². The Balaban J connectivity index is 2.05. The number of halogens is 4. The van der Waals surface area contributed by atoms with Crippen LogP contribution in [-0.2, 0) is 15.6 Å². The maximum atomic E-state index is 6.47. The van der Waals surface area contributed by atoms with Crippen LogP contribution < -0.4 is 9.80 Å². The predicted octanol–water partition coefficient (Wildman–Crippen LogP) is 9.37. The zero-order valence-electron chi connectivity index (χ0n) is 20.5. The molecule has 3 nitrogen and oxygen atoms in total. The minimum absolute atomic E-state index is 0.0727. The Morgan fingerprint density at radius 3 is 1.33 bits per heavy atom. The first kappa shape index (κ1) is 27.5. The van der Waals surface area contributed by atoms with Gasteiger partial charge in [-0.15, -0.1) is 0 Å². The number of hydrogen-bond donors (Lipinski definition) is 0. The van der Waals surface area contributed by atoms with Crippen LogP contribution in [0.2, 0.25) is 0 Å². The van der Waals surface area contributed by atoms with Crippen molar-refractivity contribution in [2.45, 2.75) is 72.1 Å². The molecule has 33 heavy (non-hydrogen) atoms. The summed E-state index contributed by atoms with van der Waals surface area (Å²) in [6.45, 7) is 18.0. The highest BCUT2D eigenvalue weighted by Gasteiger charge is 2.37. The quantitative estimate of drug-likeness (QED) is 0.308. The predicted molar refractivity (Wildman–Crippen MR) is 156 cm³/mol. The van der Waals surface area contributed by atoms with E-state index in [-0.39, 0.29) is 17.2 Å². The molecule has 3 rings (SSSR count). The van der Waals surface area contributed by atoms with Gasteiger partial charge in [0.1, 0.15) is 0 Å². The molecule has 0 bridgehead atoms. The minimum Gasteiger partial charge on any atom is -0.340 e. The van der Waals surface area contributed by atoms with E-state index in [1.54, 1.807) is 0 Å². The SMILES string of the molecule is CCCOC1N(c2c(Br)cc(C(C)(C)C)cc2Br)CCN1c1c(Br)cc(C(C)(C)C)cc1Br. The van der Waals surface area contributed by atoms with Crippen molar-refractivity contribution in [1.29, 1.82) is 0 Å². The van der Waals surface area contributed by atoms with Gasteiger partial charge in [0.15, 0.2) is 0 Å². The van der Waals surface area contributed by atoms with Crippen LogP contribution in [0.4, 0.5) is 11.4 Å². The molecule has 0 radical (unpaired) electrons. The van der Waals surface area contributed by atoms with Crippen LogP contribution in [0.3, 0.4) is 0 Å². The summed E-state index contributed by atoms with van der Waals surface area (Å²) in [5.74, 6) is 0. The number of nitrogens with zero attached hydrogens (tertiary/aromatic N) is 2. The van der Waals surface area contributed by atoms with Crippen LogP contribution in [0.15, 0.2) is 42.2 Å². The Hall–Kier alpha value is -0.0800. The lowest BCUT2D eigenvalue weighted by Gasteiger charge is -2.35. The number of rotatable bonds is 5. The van der Waals surface area contributed by atoms with Gasteiger partial charge in [-0.25, -0.2) is 0 Å². The summed E-state index contributed by atoms with van der Waals surface area (Å²) < 4.78 is 10.8. The number of anilines is 2. The van der Waals surface area contributed by atoms with Gasteiger partial charge in [-0.3, -0.25) is 0 Å². The Morgan fingerprint density at radius 1 is 0.727 bits per heavy atom. The maximum Gasteiger partial charge on any atom is 0.210 e. The largest absolute Gasteiger partial charge is 0.340 e. The monoisotopic (exact) mass is 706 g/mol. The fraction of sp³-hybridized carbons (Fsp3) is 0.538. The Bertz CT molecular complexity index is 887. The third-order valence-electron chi connectivity index (χ3n) is 5.93. The molecule has 2 aromatic rings. The van der Waals surface area contributed by atoms with Crippen molar-refractivity contribution in [1.82, 2.24) is 0 Å². The van der Waals surface area contributed by atoms with Gasteiger partial charge in [-0.1, -0.05) is 48.5 Å². The molecule has 2 aromatic carbocycles. The standard InChI is InChI=1S/C26H34Br4N2O/c1-8-11-33-24-31(22-18(27)12-16(13-19(22)28)25(2,3)4)9-10-32(24)23-20(29)14-17(15-21(23)30)26(5,6)7/h12-15,24H,8-11H2,1-7H3. The van der Waals surface area contributed by atoms with E-state index in [1.165, 1.54) is 11.1 Å². The second kappa shape index (κ2) is 10.5. The van der Waals surface area contributed by atoms with E-state index in [9.17, 15) is 0 Å². The third kappa shape index (κ3) is 6.02. The van der Waals surface area contributed by atoms with Crippen LogP contribution in [0.1, 0.15) is 66.0 Å². The maximum absolute atomic E-state index is 6.47. The van der Waals surface area contributed by atoms with Crippen LogP contribution in [0.5, 0.6) is 0 Å². The molecule has 0 unspecified atom stereocenters. The molecule has 0 aliphatic carbocycles. The van der Waals surface area contributed by atoms with Crippen LogP contribution in [0.25, 0.3) is 0 Å². The van der Waals surface area contributed by atoms with Crippen molar-refractivity contribution >= 4 is 75.1 Å². The van der Waals surface area contributed by atoms with Gasteiger partial charge < -0.3 is 14.5 Å². The van der Waals surface area contributed by atoms with E-state index in [2.05, 4.69) is 146 Å². The highest BCUT2D eigenvalue weighted by molar-refractivity contribution is 9.11. The number of benzene rings is 2. The van der Waals surface area contributed by atoms with Crippen LogP contribution in [-0.4, -0.2) is 26.0 Å². The third-order valence-corrected chi connectivity index (χ3v) is 8.34. The molecular formula is C26H34Br4N2O. The van der Waals surface area contributed by atoms with E-state index in [0.717, 1.165) is 48.8 Å². The lowest BCUT2D eigenvalue weighted by atomic mass is 9.87. The average molecular weight is 710 g/mol. The summed E-state index contributed by atoms with van der Waals surface area (Å²) in [5.41, 5.74) is 4.98. The van der Waals surface area contributed by atoms with E-state index < -0.39 is 0 Å². The lowest BCUT2D eigenvalue weighted by molar-refractivity contribution is 0.0630. The molecule has 0 amide bonds. The van der Waals surface area contributed by atoms with Crippen molar-refractivity contribution in [2.24, 2.45) is 0 Å². The summed E-state index contributed by atoms with van der Waals surface area (Å²) in [7, 11) is 0. The average Bonchev–Trinajstić information content (AvgIpc) is 3.06. The second-order valence-electron chi connectivity index (χ2n) is 10.7. The zero-order valence-corrected chi connectivity index (χ0v) is 26.9. The van der Waals surface area contributed by atoms with Gasteiger partial charge in [0.25, 0.3) is 0 Å². The zero-order chi connectivity index (χ0) is 24.7. The van der Waals surface area contributed by atoms with Crippen LogP contribution in [0, 0.1) is 0 Å². The first-order chi connectivity index (χ1) is 15.3. The highest BCUT2D eigenvalue weighted by atomic mass is 79.9. The van der Waals surface area contributed by atoms with Gasteiger partial charge in [0.05, 0.1) is 18.0 Å². The van der Waals surface area contributed by atoms with E-state index in [4.69, 9.17) is 4.74 Å². The van der Waals surface area contributed by atoms with Gasteiger partial charge >= 0.3 is 0 Å². The molecular weight excluding hydrogens is 676 g/mol. The van der Waals surface area contributed by atoms with Crippen molar-refractivity contribution in [3.8, 4) is 0 Å². The molecule has 0 saturated carbocycles. The smallest absolute Gasteiger partial charge is 0.210 e.